The van der Waals surface area contributed by atoms with Crippen LogP contribution in [0, 0.1) is 11.8 Å². The summed E-state index contributed by atoms with van der Waals surface area (Å²) in [4.78, 5) is 0.394. The second kappa shape index (κ2) is 7.11. The fraction of sp³-hybridized carbons (Fsp3) is 0.647. The van der Waals surface area contributed by atoms with E-state index < -0.39 is 10.0 Å². The van der Waals surface area contributed by atoms with Crippen molar-refractivity contribution in [2.24, 2.45) is 17.6 Å². The Morgan fingerprint density at radius 3 is 2.41 bits per heavy atom. The lowest BCUT2D eigenvalue weighted by Crippen LogP contribution is -2.44. The van der Waals surface area contributed by atoms with Gasteiger partial charge in [0.15, 0.2) is 0 Å². The molecule has 5 heteroatoms. The molecule has 1 saturated heterocycles. The van der Waals surface area contributed by atoms with E-state index in [2.05, 4.69) is 13.8 Å². The number of nitrogens with zero attached hydrogens (tertiary/aromatic N) is 1. The van der Waals surface area contributed by atoms with Gasteiger partial charge in [0.25, 0.3) is 0 Å². The Bertz CT molecular complexity index is 579. The number of hydrogen-bond acceptors (Lipinski definition) is 3. The van der Waals surface area contributed by atoms with Gasteiger partial charge in [-0.15, -0.1) is 0 Å². The highest BCUT2D eigenvalue weighted by Gasteiger charge is 2.31. The molecule has 0 radical (unpaired) electrons. The maximum Gasteiger partial charge on any atom is 0.243 e. The van der Waals surface area contributed by atoms with E-state index in [1.54, 1.807) is 16.4 Å². The summed E-state index contributed by atoms with van der Waals surface area (Å²) in [7, 11) is -3.40. The third kappa shape index (κ3) is 4.09. The maximum atomic E-state index is 12.8. The molecule has 1 aliphatic heterocycles. The molecule has 22 heavy (non-hydrogen) atoms. The molecule has 0 aliphatic carbocycles. The lowest BCUT2D eigenvalue weighted by molar-refractivity contribution is 0.243. The minimum atomic E-state index is -3.40. The topological polar surface area (TPSA) is 63.4 Å². The predicted octanol–water partition coefficient (Wildman–Crippen LogP) is 2.63. The van der Waals surface area contributed by atoms with Crippen molar-refractivity contribution < 1.29 is 8.42 Å². The third-order valence-electron chi connectivity index (χ3n) is 4.37. The highest BCUT2D eigenvalue weighted by atomic mass is 32.2. The monoisotopic (exact) mass is 324 g/mol. The van der Waals surface area contributed by atoms with Gasteiger partial charge in [-0.3, -0.25) is 0 Å². The van der Waals surface area contributed by atoms with E-state index in [0.29, 0.717) is 23.9 Å². The Morgan fingerprint density at radius 2 is 1.86 bits per heavy atom. The molecule has 0 bridgehead atoms. The van der Waals surface area contributed by atoms with Crippen molar-refractivity contribution in [2.45, 2.75) is 51.0 Å². The Balaban J connectivity index is 2.15. The molecule has 2 unspecified atom stereocenters. The summed E-state index contributed by atoms with van der Waals surface area (Å²) in [5, 5.41) is 0. The van der Waals surface area contributed by atoms with Crippen LogP contribution in [0.15, 0.2) is 29.2 Å². The standard InChI is InChI=1S/C17H28N2O2S/c1-13(2)11-15-6-8-17(9-7-15)22(20,21)19-10-4-5-16(12-19)14(3)18/h6-9,13-14,16H,4-5,10-12,18H2,1-3H3. The lowest BCUT2D eigenvalue weighted by atomic mass is 9.93. The third-order valence-corrected chi connectivity index (χ3v) is 6.25. The van der Waals surface area contributed by atoms with E-state index in [-0.39, 0.29) is 12.0 Å². The minimum absolute atomic E-state index is 0.0337. The van der Waals surface area contributed by atoms with E-state index in [1.807, 2.05) is 19.1 Å². The Hall–Kier alpha value is -0.910. The lowest BCUT2D eigenvalue weighted by Gasteiger charge is -2.33. The van der Waals surface area contributed by atoms with Gasteiger partial charge in [0.1, 0.15) is 0 Å². The average molecular weight is 324 g/mol. The van der Waals surface area contributed by atoms with E-state index in [4.69, 9.17) is 5.73 Å². The highest BCUT2D eigenvalue weighted by molar-refractivity contribution is 7.89. The molecule has 2 N–H and O–H groups in total. The van der Waals surface area contributed by atoms with Crippen LogP contribution in [0.25, 0.3) is 0 Å². The van der Waals surface area contributed by atoms with Crippen molar-refractivity contribution in [3.63, 3.8) is 0 Å². The molecule has 0 spiro atoms. The summed E-state index contributed by atoms with van der Waals surface area (Å²) in [6, 6.07) is 7.37. The second-order valence-corrected chi connectivity index (χ2v) is 8.80. The second-order valence-electron chi connectivity index (χ2n) is 6.87. The first-order valence-electron chi connectivity index (χ1n) is 8.15. The first-order chi connectivity index (χ1) is 10.3. The quantitative estimate of drug-likeness (QED) is 0.905. The zero-order valence-corrected chi connectivity index (χ0v) is 14.6. The van der Waals surface area contributed by atoms with Crippen LogP contribution in [0.4, 0.5) is 0 Å². The first kappa shape index (κ1) is 17.4. The minimum Gasteiger partial charge on any atom is -0.328 e. The molecule has 4 nitrogen and oxygen atoms in total. The van der Waals surface area contributed by atoms with E-state index >= 15 is 0 Å². The van der Waals surface area contributed by atoms with Gasteiger partial charge in [0.2, 0.25) is 10.0 Å². The van der Waals surface area contributed by atoms with Crippen LogP contribution in [0.1, 0.15) is 39.2 Å². The Morgan fingerprint density at radius 1 is 1.23 bits per heavy atom. The number of sulfonamides is 1. The van der Waals surface area contributed by atoms with Crippen molar-refractivity contribution in [1.82, 2.24) is 4.31 Å². The van der Waals surface area contributed by atoms with E-state index in [1.165, 1.54) is 5.56 Å². The summed E-state index contributed by atoms with van der Waals surface area (Å²) in [6.07, 6.45) is 2.87. The molecule has 1 aromatic carbocycles. The molecule has 2 rings (SSSR count). The summed E-state index contributed by atoms with van der Waals surface area (Å²) in [5.41, 5.74) is 7.14. The van der Waals surface area contributed by atoms with Crippen LogP contribution in [0.3, 0.4) is 0 Å². The molecule has 0 aromatic heterocycles. The van der Waals surface area contributed by atoms with Crippen molar-refractivity contribution in [3.8, 4) is 0 Å². The number of rotatable bonds is 5. The van der Waals surface area contributed by atoms with Crippen LogP contribution in [0.5, 0.6) is 0 Å². The van der Waals surface area contributed by atoms with Crippen molar-refractivity contribution in [3.05, 3.63) is 29.8 Å². The normalized spacial score (nSPS) is 22.0. The van der Waals surface area contributed by atoms with Crippen molar-refractivity contribution >= 4 is 10.0 Å². The van der Waals surface area contributed by atoms with Gasteiger partial charge in [0.05, 0.1) is 4.90 Å². The molecule has 1 aliphatic rings. The van der Waals surface area contributed by atoms with Crippen LogP contribution in [0.2, 0.25) is 0 Å². The molecule has 1 aromatic rings. The summed E-state index contributed by atoms with van der Waals surface area (Å²) >= 11 is 0. The van der Waals surface area contributed by atoms with Crippen LogP contribution in [-0.2, 0) is 16.4 Å². The van der Waals surface area contributed by atoms with Gasteiger partial charge >= 0.3 is 0 Å². The fourth-order valence-electron chi connectivity index (χ4n) is 3.04. The number of piperidine rings is 1. The first-order valence-corrected chi connectivity index (χ1v) is 9.59. The molecule has 0 amide bonds. The van der Waals surface area contributed by atoms with Gasteiger partial charge in [-0.25, -0.2) is 8.42 Å². The SMILES string of the molecule is CC(C)Cc1ccc(S(=O)(=O)N2CCCC(C(C)N)C2)cc1. The highest BCUT2D eigenvalue weighted by Crippen LogP contribution is 2.25. The largest absolute Gasteiger partial charge is 0.328 e. The van der Waals surface area contributed by atoms with Gasteiger partial charge in [-0.1, -0.05) is 26.0 Å². The van der Waals surface area contributed by atoms with Crippen molar-refractivity contribution in [1.29, 1.82) is 0 Å². The van der Waals surface area contributed by atoms with E-state index in [0.717, 1.165) is 19.3 Å². The van der Waals surface area contributed by atoms with E-state index in [9.17, 15) is 8.42 Å². The number of hydrogen-bond donors (Lipinski definition) is 1. The summed E-state index contributed by atoms with van der Waals surface area (Å²) in [6.45, 7) is 7.41. The number of nitrogens with two attached hydrogens (primary N) is 1. The molecular weight excluding hydrogens is 296 g/mol. The molecular formula is C17H28N2O2S. The maximum absolute atomic E-state index is 12.8. The molecule has 2 atom stereocenters. The molecule has 0 saturated carbocycles. The van der Waals surface area contributed by atoms with Gasteiger partial charge in [-0.05, 0) is 55.7 Å². The van der Waals surface area contributed by atoms with Gasteiger partial charge in [-0.2, -0.15) is 4.31 Å². The summed E-state index contributed by atoms with van der Waals surface area (Å²) in [5.74, 6) is 0.820. The van der Waals surface area contributed by atoms with Crippen LogP contribution < -0.4 is 5.73 Å². The van der Waals surface area contributed by atoms with Crippen molar-refractivity contribution in [2.75, 3.05) is 13.1 Å². The Labute approximate surface area is 134 Å². The molecule has 1 fully saturated rings. The number of benzene rings is 1. The zero-order chi connectivity index (χ0) is 16.3. The van der Waals surface area contributed by atoms with Gasteiger partial charge in [0, 0.05) is 19.1 Å². The van der Waals surface area contributed by atoms with Crippen LogP contribution >= 0.6 is 0 Å². The van der Waals surface area contributed by atoms with Crippen LogP contribution in [-0.4, -0.2) is 31.9 Å². The predicted molar refractivity (Wildman–Crippen MR) is 90.1 cm³/mol. The zero-order valence-electron chi connectivity index (χ0n) is 13.8. The van der Waals surface area contributed by atoms with Gasteiger partial charge < -0.3 is 5.73 Å². The average Bonchev–Trinajstić information content (AvgIpc) is 2.47. The molecule has 124 valence electrons. The Kier molecular flexibility index (Phi) is 5.64. The summed E-state index contributed by atoms with van der Waals surface area (Å²) < 4.78 is 27.1. The fourth-order valence-corrected chi connectivity index (χ4v) is 4.57. The smallest absolute Gasteiger partial charge is 0.243 e. The molecule has 1 heterocycles.